The fourth-order valence-corrected chi connectivity index (χ4v) is 2.01. The average molecular weight is 340 g/mol. The number of carboxylic acid groups (broad SMARTS) is 1. The Balaban J connectivity index is 2.91. The van der Waals surface area contributed by atoms with E-state index in [4.69, 9.17) is 9.84 Å². The predicted octanol–water partition coefficient (Wildman–Crippen LogP) is 0.988. The van der Waals surface area contributed by atoms with Crippen LogP contribution in [0.15, 0.2) is 24.3 Å². The van der Waals surface area contributed by atoms with E-state index in [1.165, 1.54) is 13.2 Å². The quantitative estimate of drug-likeness (QED) is 0.654. The van der Waals surface area contributed by atoms with Crippen molar-refractivity contribution >= 4 is 17.8 Å². The van der Waals surface area contributed by atoms with Gasteiger partial charge in [0.05, 0.1) is 12.7 Å². The molecule has 0 radical (unpaired) electrons. The van der Waals surface area contributed by atoms with Gasteiger partial charge in [0.25, 0.3) is 5.91 Å². The minimum atomic E-state index is -1.65. The van der Waals surface area contributed by atoms with Gasteiger partial charge in [-0.15, -0.1) is 0 Å². The van der Waals surface area contributed by atoms with Crippen LogP contribution in [0.25, 0.3) is 0 Å². The summed E-state index contributed by atoms with van der Waals surface area (Å²) in [7, 11) is 1.41. The first-order valence-corrected chi connectivity index (χ1v) is 7.34. The SMILES string of the molecule is COc1ccccc1C(=O)NC(C(=O)NC(CF)C(=O)O)C(C)C. The zero-order valence-corrected chi connectivity index (χ0v) is 13.7. The van der Waals surface area contributed by atoms with E-state index in [2.05, 4.69) is 10.6 Å². The highest BCUT2D eigenvalue weighted by Crippen LogP contribution is 2.17. The molecular formula is C16H21FN2O5. The Morgan fingerprint density at radius 2 is 1.83 bits per heavy atom. The van der Waals surface area contributed by atoms with E-state index in [1.54, 1.807) is 32.0 Å². The van der Waals surface area contributed by atoms with Crippen molar-refractivity contribution in [2.24, 2.45) is 5.92 Å². The Hall–Kier alpha value is -2.64. The van der Waals surface area contributed by atoms with Gasteiger partial charge in [0.2, 0.25) is 5.91 Å². The number of benzene rings is 1. The minimum Gasteiger partial charge on any atom is -0.496 e. The molecule has 0 aliphatic carbocycles. The molecule has 0 aliphatic rings. The first-order valence-electron chi connectivity index (χ1n) is 7.34. The smallest absolute Gasteiger partial charge is 0.328 e. The number of carbonyl (C=O) groups is 3. The normalized spacial score (nSPS) is 13.0. The number of rotatable bonds is 8. The number of hydrogen-bond donors (Lipinski definition) is 3. The predicted molar refractivity (Wildman–Crippen MR) is 84.6 cm³/mol. The zero-order valence-electron chi connectivity index (χ0n) is 13.7. The number of hydrogen-bond acceptors (Lipinski definition) is 4. The van der Waals surface area contributed by atoms with Gasteiger partial charge in [0.15, 0.2) is 6.04 Å². The first-order chi connectivity index (χ1) is 11.3. The van der Waals surface area contributed by atoms with E-state index in [9.17, 15) is 18.8 Å². The van der Waals surface area contributed by atoms with Crippen LogP contribution in [0.1, 0.15) is 24.2 Å². The van der Waals surface area contributed by atoms with E-state index < -0.39 is 36.5 Å². The average Bonchev–Trinajstić information content (AvgIpc) is 2.56. The molecule has 132 valence electrons. The van der Waals surface area contributed by atoms with Crippen molar-refractivity contribution in [1.82, 2.24) is 10.6 Å². The van der Waals surface area contributed by atoms with Crippen LogP contribution in [0.4, 0.5) is 4.39 Å². The Morgan fingerprint density at radius 3 is 2.33 bits per heavy atom. The van der Waals surface area contributed by atoms with Gasteiger partial charge in [0.1, 0.15) is 18.5 Å². The second-order valence-electron chi connectivity index (χ2n) is 5.45. The number of amides is 2. The van der Waals surface area contributed by atoms with Crippen LogP contribution in [0.5, 0.6) is 5.75 Å². The molecule has 0 saturated heterocycles. The molecule has 24 heavy (non-hydrogen) atoms. The van der Waals surface area contributed by atoms with Crippen molar-refractivity contribution in [3.63, 3.8) is 0 Å². The number of aliphatic carboxylic acids is 1. The lowest BCUT2D eigenvalue weighted by Crippen LogP contribution is -2.54. The molecule has 2 amide bonds. The number of carboxylic acids is 1. The summed E-state index contributed by atoms with van der Waals surface area (Å²) in [4.78, 5) is 35.4. The molecule has 0 saturated carbocycles. The molecule has 7 nitrogen and oxygen atoms in total. The topological polar surface area (TPSA) is 105 Å². The lowest BCUT2D eigenvalue weighted by molar-refractivity contribution is -0.142. The second-order valence-corrected chi connectivity index (χ2v) is 5.45. The molecule has 2 atom stereocenters. The number of carbonyl (C=O) groups excluding carboxylic acids is 2. The van der Waals surface area contributed by atoms with Crippen LogP contribution in [0.3, 0.4) is 0 Å². The molecule has 3 N–H and O–H groups in total. The molecule has 0 bridgehead atoms. The van der Waals surface area contributed by atoms with Crippen LogP contribution < -0.4 is 15.4 Å². The summed E-state index contributed by atoms with van der Waals surface area (Å²) in [6.07, 6.45) is 0. The lowest BCUT2D eigenvalue weighted by Gasteiger charge is -2.23. The molecule has 1 rings (SSSR count). The molecular weight excluding hydrogens is 319 g/mol. The highest BCUT2D eigenvalue weighted by Gasteiger charge is 2.29. The molecule has 0 aromatic heterocycles. The lowest BCUT2D eigenvalue weighted by atomic mass is 10.0. The fraction of sp³-hybridized carbons (Fsp3) is 0.438. The summed E-state index contributed by atoms with van der Waals surface area (Å²) in [6.45, 7) is 2.11. The number of nitrogens with one attached hydrogen (secondary N) is 2. The molecule has 0 fully saturated rings. The van der Waals surface area contributed by atoms with Crippen LogP contribution in [0, 0.1) is 5.92 Å². The monoisotopic (exact) mass is 340 g/mol. The second kappa shape index (κ2) is 8.85. The Morgan fingerprint density at radius 1 is 1.21 bits per heavy atom. The maximum Gasteiger partial charge on any atom is 0.328 e. The van der Waals surface area contributed by atoms with E-state index in [1.807, 2.05) is 0 Å². The van der Waals surface area contributed by atoms with Crippen molar-refractivity contribution in [2.75, 3.05) is 13.8 Å². The molecule has 1 aromatic carbocycles. The number of ether oxygens (including phenoxy) is 1. The largest absolute Gasteiger partial charge is 0.496 e. The van der Waals surface area contributed by atoms with Gasteiger partial charge in [-0.1, -0.05) is 26.0 Å². The highest BCUT2D eigenvalue weighted by molar-refractivity contribution is 6.00. The van der Waals surface area contributed by atoms with Crippen LogP contribution in [-0.2, 0) is 9.59 Å². The summed E-state index contributed by atoms with van der Waals surface area (Å²) >= 11 is 0. The van der Waals surface area contributed by atoms with Gasteiger partial charge in [-0.2, -0.15) is 0 Å². The summed E-state index contributed by atoms with van der Waals surface area (Å²) in [5, 5.41) is 13.4. The maximum absolute atomic E-state index is 12.7. The molecule has 0 spiro atoms. The summed E-state index contributed by atoms with van der Waals surface area (Å²) in [5.41, 5.74) is 0.235. The maximum atomic E-state index is 12.7. The Kier molecular flexibility index (Phi) is 7.16. The van der Waals surface area contributed by atoms with Crippen molar-refractivity contribution in [3.8, 4) is 5.75 Å². The third-order valence-electron chi connectivity index (χ3n) is 3.36. The minimum absolute atomic E-state index is 0.235. The summed E-state index contributed by atoms with van der Waals surface area (Å²) < 4.78 is 17.8. The number of para-hydroxylation sites is 1. The van der Waals surface area contributed by atoms with Gasteiger partial charge < -0.3 is 20.5 Å². The molecule has 0 heterocycles. The number of alkyl halides is 1. The van der Waals surface area contributed by atoms with Gasteiger partial charge in [-0.05, 0) is 18.1 Å². The Labute approximate surface area is 139 Å². The summed E-state index contributed by atoms with van der Waals surface area (Å²) in [6, 6.07) is 3.80. The van der Waals surface area contributed by atoms with Crippen LogP contribution in [-0.4, -0.2) is 48.8 Å². The molecule has 2 unspecified atom stereocenters. The van der Waals surface area contributed by atoms with Crippen molar-refractivity contribution in [3.05, 3.63) is 29.8 Å². The van der Waals surface area contributed by atoms with Gasteiger partial charge in [0, 0.05) is 0 Å². The van der Waals surface area contributed by atoms with E-state index in [0.717, 1.165) is 0 Å². The summed E-state index contributed by atoms with van der Waals surface area (Å²) in [5.74, 6) is -2.79. The Bertz CT molecular complexity index is 606. The number of methoxy groups -OCH3 is 1. The van der Waals surface area contributed by atoms with E-state index in [-0.39, 0.29) is 11.5 Å². The molecule has 8 heteroatoms. The third-order valence-corrected chi connectivity index (χ3v) is 3.36. The van der Waals surface area contributed by atoms with Gasteiger partial charge in [-0.25, -0.2) is 9.18 Å². The molecule has 1 aromatic rings. The van der Waals surface area contributed by atoms with Crippen molar-refractivity contribution in [1.29, 1.82) is 0 Å². The third kappa shape index (κ3) is 4.94. The highest BCUT2D eigenvalue weighted by atomic mass is 19.1. The van der Waals surface area contributed by atoms with Gasteiger partial charge in [-0.3, -0.25) is 9.59 Å². The van der Waals surface area contributed by atoms with E-state index >= 15 is 0 Å². The first kappa shape index (κ1) is 19.4. The fourth-order valence-electron chi connectivity index (χ4n) is 2.01. The standard InChI is InChI=1S/C16H21FN2O5/c1-9(2)13(15(21)18-11(8-17)16(22)23)19-14(20)10-6-4-5-7-12(10)24-3/h4-7,9,11,13H,8H2,1-3H3,(H,18,21)(H,19,20)(H,22,23). The van der Waals surface area contributed by atoms with Gasteiger partial charge >= 0.3 is 5.97 Å². The zero-order chi connectivity index (χ0) is 18.3. The number of halogens is 1. The van der Waals surface area contributed by atoms with Crippen LogP contribution >= 0.6 is 0 Å². The van der Waals surface area contributed by atoms with E-state index in [0.29, 0.717) is 5.75 Å². The van der Waals surface area contributed by atoms with Crippen molar-refractivity contribution < 1.29 is 28.6 Å². The molecule has 0 aliphatic heterocycles. The van der Waals surface area contributed by atoms with Crippen LogP contribution in [0.2, 0.25) is 0 Å². The van der Waals surface area contributed by atoms with Crippen molar-refractivity contribution in [2.45, 2.75) is 25.9 Å².